The minimum Gasteiger partial charge on any atom is -0.378 e. The van der Waals surface area contributed by atoms with Crippen molar-refractivity contribution in [3.8, 4) is 0 Å². The van der Waals surface area contributed by atoms with Gasteiger partial charge in [-0.1, -0.05) is 23.7 Å². The molecule has 0 spiro atoms. The molecule has 2 aliphatic heterocycles. The van der Waals surface area contributed by atoms with Crippen molar-refractivity contribution >= 4 is 23.4 Å². The summed E-state index contributed by atoms with van der Waals surface area (Å²) in [5, 5.41) is 0.561. The molecular formula is C18H22ClFN2O3. The van der Waals surface area contributed by atoms with Gasteiger partial charge in [-0.05, 0) is 30.5 Å². The average Bonchev–Trinajstić information content (AvgIpc) is 2.62. The molecule has 0 aromatic heterocycles. The molecule has 25 heavy (non-hydrogen) atoms. The highest BCUT2D eigenvalue weighted by Gasteiger charge is 2.46. The number of alkyl halides is 1. The number of carbonyl (C=O) groups is 2. The first-order valence-electron chi connectivity index (χ1n) is 8.56. The fraction of sp³-hybridized carbons (Fsp3) is 0.556. The second-order valence-corrected chi connectivity index (χ2v) is 7.03. The molecule has 0 saturated carbocycles. The first-order chi connectivity index (χ1) is 12.0. The zero-order valence-electron chi connectivity index (χ0n) is 14.0. The van der Waals surface area contributed by atoms with Crippen LogP contribution < -0.4 is 0 Å². The number of hydrogen-bond donors (Lipinski definition) is 0. The minimum absolute atomic E-state index is 0.155. The van der Waals surface area contributed by atoms with Crippen LogP contribution in [0.25, 0.3) is 0 Å². The van der Waals surface area contributed by atoms with Gasteiger partial charge in [0.1, 0.15) is 0 Å². The molecule has 2 amide bonds. The quantitative estimate of drug-likeness (QED) is 0.820. The Morgan fingerprint density at radius 3 is 2.68 bits per heavy atom. The SMILES string of the molecule is O=C(Cc1cccc(Cl)c1)N1CCCC(F)(C(=O)N2CCOCC2)C1. The number of rotatable bonds is 3. The normalized spacial score (nSPS) is 24.2. The summed E-state index contributed by atoms with van der Waals surface area (Å²) in [6.07, 6.45) is 0.792. The van der Waals surface area contributed by atoms with Crippen LogP contribution in [0.3, 0.4) is 0 Å². The number of amides is 2. The van der Waals surface area contributed by atoms with E-state index in [4.69, 9.17) is 16.3 Å². The Morgan fingerprint density at radius 2 is 1.96 bits per heavy atom. The number of piperidine rings is 1. The van der Waals surface area contributed by atoms with Gasteiger partial charge in [0, 0.05) is 24.7 Å². The summed E-state index contributed by atoms with van der Waals surface area (Å²) >= 11 is 5.94. The maximum absolute atomic E-state index is 15.3. The lowest BCUT2D eigenvalue weighted by atomic mass is 9.92. The Bertz CT molecular complexity index is 651. The Kier molecular flexibility index (Phi) is 5.59. The lowest BCUT2D eigenvalue weighted by molar-refractivity contribution is -0.154. The van der Waals surface area contributed by atoms with E-state index in [1.807, 2.05) is 6.07 Å². The summed E-state index contributed by atoms with van der Waals surface area (Å²) in [6, 6.07) is 7.06. The van der Waals surface area contributed by atoms with E-state index in [-0.39, 0.29) is 25.3 Å². The van der Waals surface area contributed by atoms with Crippen molar-refractivity contribution in [3.63, 3.8) is 0 Å². The van der Waals surface area contributed by atoms with E-state index >= 15 is 4.39 Å². The number of halogens is 2. The van der Waals surface area contributed by atoms with Gasteiger partial charge in [-0.2, -0.15) is 0 Å². The largest absolute Gasteiger partial charge is 0.378 e. The average molecular weight is 369 g/mol. The van der Waals surface area contributed by atoms with E-state index in [0.717, 1.165) is 5.56 Å². The number of likely N-dealkylation sites (tertiary alicyclic amines) is 1. The van der Waals surface area contributed by atoms with Crippen LogP contribution in [0.2, 0.25) is 5.02 Å². The van der Waals surface area contributed by atoms with E-state index in [1.165, 1.54) is 9.80 Å². The molecule has 1 atom stereocenters. The highest BCUT2D eigenvalue weighted by atomic mass is 35.5. The summed E-state index contributed by atoms with van der Waals surface area (Å²) < 4.78 is 20.5. The first-order valence-corrected chi connectivity index (χ1v) is 8.94. The molecular weight excluding hydrogens is 347 g/mol. The van der Waals surface area contributed by atoms with Gasteiger partial charge >= 0.3 is 0 Å². The molecule has 2 aliphatic rings. The lowest BCUT2D eigenvalue weighted by Gasteiger charge is -2.40. The van der Waals surface area contributed by atoms with Gasteiger partial charge < -0.3 is 14.5 Å². The van der Waals surface area contributed by atoms with E-state index in [0.29, 0.717) is 44.3 Å². The van der Waals surface area contributed by atoms with E-state index in [1.54, 1.807) is 18.2 Å². The van der Waals surface area contributed by atoms with Crippen LogP contribution >= 0.6 is 11.6 Å². The molecule has 136 valence electrons. The molecule has 0 bridgehead atoms. The number of morpholine rings is 1. The van der Waals surface area contributed by atoms with Crippen molar-refractivity contribution in [2.24, 2.45) is 0 Å². The fourth-order valence-electron chi connectivity index (χ4n) is 3.38. The maximum atomic E-state index is 15.3. The number of benzene rings is 1. The molecule has 5 nitrogen and oxygen atoms in total. The van der Waals surface area contributed by atoms with Crippen molar-refractivity contribution in [2.45, 2.75) is 24.9 Å². The number of carbonyl (C=O) groups excluding carboxylic acids is 2. The standard InChI is InChI=1S/C18H22ClFN2O3/c19-15-4-1-3-14(11-15)12-16(23)22-6-2-5-18(20,13-22)17(24)21-7-9-25-10-8-21/h1,3-4,11H,2,5-10,12-13H2. The molecule has 1 aromatic carbocycles. The summed E-state index contributed by atoms with van der Waals surface area (Å²) in [6.45, 7) is 1.96. The second-order valence-electron chi connectivity index (χ2n) is 6.60. The molecule has 7 heteroatoms. The van der Waals surface area contributed by atoms with Gasteiger partial charge in [0.25, 0.3) is 5.91 Å². The van der Waals surface area contributed by atoms with Crippen LogP contribution in [0.4, 0.5) is 4.39 Å². The van der Waals surface area contributed by atoms with Gasteiger partial charge in [0.2, 0.25) is 11.6 Å². The zero-order chi connectivity index (χ0) is 17.9. The van der Waals surface area contributed by atoms with Crippen LogP contribution in [-0.4, -0.2) is 66.7 Å². The van der Waals surface area contributed by atoms with Crippen LogP contribution in [-0.2, 0) is 20.7 Å². The minimum atomic E-state index is -2.00. The smallest absolute Gasteiger partial charge is 0.262 e. The van der Waals surface area contributed by atoms with Crippen molar-refractivity contribution in [2.75, 3.05) is 39.4 Å². The molecule has 3 rings (SSSR count). The molecule has 2 fully saturated rings. The Balaban J connectivity index is 1.65. The molecule has 0 radical (unpaired) electrons. The van der Waals surface area contributed by atoms with E-state index < -0.39 is 11.6 Å². The summed E-state index contributed by atoms with van der Waals surface area (Å²) in [5.74, 6) is -0.699. The molecule has 1 aromatic rings. The van der Waals surface area contributed by atoms with Crippen LogP contribution in [0.1, 0.15) is 18.4 Å². The Labute approximate surface area is 151 Å². The van der Waals surface area contributed by atoms with Gasteiger partial charge in [0.05, 0.1) is 26.2 Å². The lowest BCUT2D eigenvalue weighted by Crippen LogP contribution is -2.58. The highest BCUT2D eigenvalue weighted by Crippen LogP contribution is 2.28. The third-order valence-electron chi connectivity index (χ3n) is 4.72. The third-order valence-corrected chi connectivity index (χ3v) is 4.96. The first kappa shape index (κ1) is 18.1. The van der Waals surface area contributed by atoms with Gasteiger partial charge in [0.15, 0.2) is 0 Å². The molecule has 2 heterocycles. The number of hydrogen-bond acceptors (Lipinski definition) is 3. The number of nitrogens with zero attached hydrogens (tertiary/aromatic N) is 2. The summed E-state index contributed by atoms with van der Waals surface area (Å²) in [4.78, 5) is 28.1. The molecule has 2 saturated heterocycles. The Morgan fingerprint density at radius 1 is 1.20 bits per heavy atom. The Hall–Kier alpha value is -1.66. The second kappa shape index (κ2) is 7.70. The van der Waals surface area contributed by atoms with Gasteiger partial charge in [-0.25, -0.2) is 4.39 Å². The van der Waals surface area contributed by atoms with Crippen molar-refractivity contribution in [1.29, 1.82) is 0 Å². The van der Waals surface area contributed by atoms with Crippen LogP contribution in [0.15, 0.2) is 24.3 Å². The van der Waals surface area contributed by atoms with Crippen LogP contribution in [0.5, 0.6) is 0 Å². The van der Waals surface area contributed by atoms with E-state index in [2.05, 4.69) is 0 Å². The van der Waals surface area contributed by atoms with Crippen molar-refractivity contribution in [1.82, 2.24) is 9.80 Å². The predicted molar refractivity (Wildman–Crippen MR) is 92.2 cm³/mol. The maximum Gasteiger partial charge on any atom is 0.262 e. The summed E-state index contributed by atoms with van der Waals surface area (Å²) in [5.41, 5.74) is -1.22. The van der Waals surface area contributed by atoms with Crippen molar-refractivity contribution < 1.29 is 18.7 Å². The van der Waals surface area contributed by atoms with E-state index in [9.17, 15) is 9.59 Å². The monoisotopic (exact) mass is 368 g/mol. The summed E-state index contributed by atoms with van der Waals surface area (Å²) in [7, 11) is 0. The predicted octanol–water partition coefficient (Wildman–Crippen LogP) is 2.07. The zero-order valence-corrected chi connectivity index (χ0v) is 14.8. The molecule has 0 N–H and O–H groups in total. The van der Waals surface area contributed by atoms with Gasteiger partial charge in [-0.3, -0.25) is 9.59 Å². The topological polar surface area (TPSA) is 49.9 Å². The van der Waals surface area contributed by atoms with Crippen LogP contribution in [0, 0.1) is 0 Å². The number of ether oxygens (including phenoxy) is 1. The molecule has 1 unspecified atom stereocenters. The molecule has 0 aliphatic carbocycles. The van der Waals surface area contributed by atoms with Crippen molar-refractivity contribution in [3.05, 3.63) is 34.9 Å². The third kappa shape index (κ3) is 4.30. The fourth-order valence-corrected chi connectivity index (χ4v) is 3.59. The van der Waals surface area contributed by atoms with Gasteiger partial charge in [-0.15, -0.1) is 0 Å². The highest BCUT2D eigenvalue weighted by molar-refractivity contribution is 6.30.